The van der Waals surface area contributed by atoms with Crippen molar-refractivity contribution in [3.63, 3.8) is 0 Å². The number of benzene rings is 1. The number of hydrogen-bond donors (Lipinski definition) is 1. The molecule has 4 heteroatoms. The van der Waals surface area contributed by atoms with E-state index in [9.17, 15) is 4.79 Å². The third-order valence-corrected chi connectivity index (χ3v) is 4.09. The van der Waals surface area contributed by atoms with Crippen LogP contribution in [0.2, 0.25) is 0 Å². The van der Waals surface area contributed by atoms with E-state index in [2.05, 4.69) is 34.5 Å². The highest BCUT2D eigenvalue weighted by atomic mass is 16.5. The summed E-state index contributed by atoms with van der Waals surface area (Å²) in [5.41, 5.74) is 2.89. The predicted octanol–water partition coefficient (Wildman–Crippen LogP) is 1.98. The first-order valence-electron chi connectivity index (χ1n) is 7.87. The average Bonchev–Trinajstić information content (AvgIpc) is 2.70. The molecule has 0 radical (unpaired) electrons. The number of hydrogen-bond acceptors (Lipinski definition) is 4. The zero-order valence-electron chi connectivity index (χ0n) is 13.1. The Morgan fingerprint density at radius 2 is 2.14 bits per heavy atom. The van der Waals surface area contributed by atoms with Gasteiger partial charge in [0.15, 0.2) is 0 Å². The molecule has 1 atom stereocenters. The van der Waals surface area contributed by atoms with Gasteiger partial charge >= 0.3 is 5.97 Å². The molecule has 1 unspecified atom stereocenters. The molecule has 1 N–H and O–H groups in total. The molecule has 116 valence electrons. The van der Waals surface area contributed by atoms with Crippen molar-refractivity contribution in [1.29, 1.82) is 0 Å². The Morgan fingerprint density at radius 3 is 2.86 bits per heavy atom. The summed E-state index contributed by atoms with van der Waals surface area (Å²) in [4.78, 5) is 14.2. The monoisotopic (exact) mass is 290 g/mol. The van der Waals surface area contributed by atoms with Crippen LogP contribution in [0.4, 0.5) is 0 Å². The SMILES string of the molecule is CCOC(=O)C(CCN1CCCc2ccccc2C1)NC. The van der Waals surface area contributed by atoms with Crippen LogP contribution in [0.15, 0.2) is 24.3 Å². The van der Waals surface area contributed by atoms with Crippen molar-refractivity contribution in [2.24, 2.45) is 0 Å². The van der Waals surface area contributed by atoms with Crippen molar-refractivity contribution in [3.8, 4) is 0 Å². The van der Waals surface area contributed by atoms with E-state index in [1.54, 1.807) is 0 Å². The summed E-state index contributed by atoms with van der Waals surface area (Å²) >= 11 is 0. The molecule has 0 spiro atoms. The van der Waals surface area contributed by atoms with Crippen LogP contribution in [0.1, 0.15) is 30.9 Å². The van der Waals surface area contributed by atoms with Crippen molar-refractivity contribution in [2.75, 3.05) is 26.7 Å². The number of likely N-dealkylation sites (N-methyl/N-ethyl adjacent to an activating group) is 1. The molecule has 0 saturated heterocycles. The number of nitrogens with one attached hydrogen (secondary N) is 1. The summed E-state index contributed by atoms with van der Waals surface area (Å²) in [5, 5.41) is 3.06. The molecule has 2 rings (SSSR count). The maximum atomic E-state index is 11.8. The molecule has 0 fully saturated rings. The van der Waals surface area contributed by atoms with Gasteiger partial charge in [-0.25, -0.2) is 0 Å². The maximum absolute atomic E-state index is 11.8. The van der Waals surface area contributed by atoms with Crippen molar-refractivity contribution < 1.29 is 9.53 Å². The molecule has 0 saturated carbocycles. The van der Waals surface area contributed by atoms with Gasteiger partial charge in [0.2, 0.25) is 0 Å². The minimum absolute atomic E-state index is 0.143. The van der Waals surface area contributed by atoms with Gasteiger partial charge in [0.05, 0.1) is 6.61 Å². The van der Waals surface area contributed by atoms with Gasteiger partial charge in [-0.05, 0) is 50.9 Å². The number of carbonyl (C=O) groups is 1. The number of nitrogens with zero attached hydrogens (tertiary/aromatic N) is 1. The molecule has 4 nitrogen and oxygen atoms in total. The molecule has 0 amide bonds. The summed E-state index contributed by atoms with van der Waals surface area (Å²) in [6.45, 7) is 5.27. The highest BCUT2D eigenvalue weighted by Crippen LogP contribution is 2.18. The first-order chi connectivity index (χ1) is 10.2. The van der Waals surface area contributed by atoms with E-state index in [-0.39, 0.29) is 12.0 Å². The molecule has 0 aromatic heterocycles. The lowest BCUT2D eigenvalue weighted by molar-refractivity contribution is -0.145. The summed E-state index contributed by atoms with van der Waals surface area (Å²) in [6, 6.07) is 8.47. The molecule has 1 aliphatic heterocycles. The van der Waals surface area contributed by atoms with Gasteiger partial charge in [0.25, 0.3) is 0 Å². The molecule has 1 aromatic carbocycles. The second-order valence-electron chi connectivity index (χ2n) is 5.53. The topological polar surface area (TPSA) is 41.6 Å². The second-order valence-corrected chi connectivity index (χ2v) is 5.53. The first kappa shape index (κ1) is 16.0. The van der Waals surface area contributed by atoms with Crippen LogP contribution in [-0.4, -0.2) is 43.7 Å². The van der Waals surface area contributed by atoms with Crippen LogP contribution in [0.25, 0.3) is 0 Å². The highest BCUT2D eigenvalue weighted by molar-refractivity contribution is 5.75. The predicted molar refractivity (Wildman–Crippen MR) is 84.1 cm³/mol. The minimum atomic E-state index is -0.205. The Labute approximate surface area is 127 Å². The Bertz CT molecular complexity index is 462. The Kier molecular flexibility index (Phi) is 6.21. The number of aryl methyl sites for hydroxylation is 1. The number of ether oxygens (including phenoxy) is 1. The third-order valence-electron chi connectivity index (χ3n) is 4.09. The number of fused-ring (bicyclic) bond motifs is 1. The van der Waals surface area contributed by atoms with Gasteiger partial charge in [-0.2, -0.15) is 0 Å². The van der Waals surface area contributed by atoms with Gasteiger partial charge in [-0.15, -0.1) is 0 Å². The normalized spacial score (nSPS) is 16.9. The molecule has 1 heterocycles. The van der Waals surface area contributed by atoms with Gasteiger partial charge in [-0.1, -0.05) is 24.3 Å². The Morgan fingerprint density at radius 1 is 1.38 bits per heavy atom. The van der Waals surface area contributed by atoms with Crippen LogP contribution < -0.4 is 5.32 Å². The summed E-state index contributed by atoms with van der Waals surface area (Å²) in [7, 11) is 1.82. The first-order valence-corrected chi connectivity index (χ1v) is 7.87. The largest absolute Gasteiger partial charge is 0.465 e. The molecule has 1 aliphatic rings. The van der Waals surface area contributed by atoms with Crippen LogP contribution in [0.5, 0.6) is 0 Å². The summed E-state index contributed by atoms with van der Waals surface area (Å²) in [6.07, 6.45) is 3.12. The molecule has 1 aromatic rings. The highest BCUT2D eigenvalue weighted by Gasteiger charge is 2.20. The zero-order chi connectivity index (χ0) is 15.1. The summed E-state index contributed by atoms with van der Waals surface area (Å²) < 4.78 is 5.10. The van der Waals surface area contributed by atoms with Crippen molar-refractivity contribution in [2.45, 2.75) is 38.8 Å². The minimum Gasteiger partial charge on any atom is -0.465 e. The van der Waals surface area contributed by atoms with Crippen molar-refractivity contribution >= 4 is 5.97 Å². The fraction of sp³-hybridized carbons (Fsp3) is 0.588. The molecular weight excluding hydrogens is 264 g/mol. The molecule has 0 bridgehead atoms. The lowest BCUT2D eigenvalue weighted by Gasteiger charge is -2.23. The second kappa shape index (κ2) is 8.15. The Hall–Kier alpha value is -1.39. The molecule has 0 aliphatic carbocycles. The zero-order valence-corrected chi connectivity index (χ0v) is 13.1. The number of rotatable bonds is 6. The van der Waals surface area contributed by atoms with Crippen molar-refractivity contribution in [3.05, 3.63) is 35.4 Å². The van der Waals surface area contributed by atoms with Crippen LogP contribution in [0.3, 0.4) is 0 Å². The third kappa shape index (κ3) is 4.55. The Balaban J connectivity index is 1.89. The van der Waals surface area contributed by atoms with Gasteiger partial charge in [-0.3, -0.25) is 9.69 Å². The van der Waals surface area contributed by atoms with E-state index in [1.165, 1.54) is 17.5 Å². The van der Waals surface area contributed by atoms with E-state index in [0.29, 0.717) is 6.61 Å². The lowest BCUT2D eigenvalue weighted by Crippen LogP contribution is -2.39. The van der Waals surface area contributed by atoms with E-state index < -0.39 is 0 Å². The molecule has 21 heavy (non-hydrogen) atoms. The fourth-order valence-electron chi connectivity index (χ4n) is 2.89. The lowest BCUT2D eigenvalue weighted by atomic mass is 10.0. The standard InChI is InChI=1S/C17H26N2O2/c1-3-21-17(20)16(18-2)10-12-19-11-6-9-14-7-4-5-8-15(14)13-19/h4-5,7-8,16,18H,3,6,9-13H2,1-2H3. The van der Waals surface area contributed by atoms with Gasteiger partial charge in [0, 0.05) is 13.1 Å². The average molecular weight is 290 g/mol. The van der Waals surface area contributed by atoms with Crippen molar-refractivity contribution in [1.82, 2.24) is 10.2 Å². The fourth-order valence-corrected chi connectivity index (χ4v) is 2.89. The van der Waals surface area contributed by atoms with Crippen LogP contribution in [-0.2, 0) is 22.5 Å². The van der Waals surface area contributed by atoms with Crippen LogP contribution >= 0.6 is 0 Å². The number of carbonyl (C=O) groups excluding carboxylic acids is 1. The maximum Gasteiger partial charge on any atom is 0.323 e. The summed E-state index contributed by atoms with van der Waals surface area (Å²) in [5.74, 6) is -0.143. The quantitative estimate of drug-likeness (QED) is 0.813. The van der Waals surface area contributed by atoms with E-state index >= 15 is 0 Å². The smallest absolute Gasteiger partial charge is 0.323 e. The van der Waals surface area contributed by atoms with E-state index in [1.807, 2.05) is 14.0 Å². The van der Waals surface area contributed by atoms with E-state index in [4.69, 9.17) is 4.74 Å². The van der Waals surface area contributed by atoms with Gasteiger partial charge < -0.3 is 10.1 Å². The van der Waals surface area contributed by atoms with Crippen LogP contribution in [0, 0.1) is 0 Å². The molecular formula is C17H26N2O2. The number of esters is 1. The van der Waals surface area contributed by atoms with E-state index in [0.717, 1.165) is 32.5 Å². The van der Waals surface area contributed by atoms with Gasteiger partial charge in [0.1, 0.15) is 6.04 Å².